The molecule has 0 saturated heterocycles. The summed E-state index contributed by atoms with van der Waals surface area (Å²) in [7, 11) is 0. The molecule has 10 heavy (non-hydrogen) atoms. The summed E-state index contributed by atoms with van der Waals surface area (Å²) < 4.78 is 5.05. The number of ether oxygens (including phenoxy) is 1. The maximum atomic E-state index is 7.38. The minimum Gasteiger partial charge on any atom is -0.481 e. The highest BCUT2D eigenvalue weighted by Gasteiger charge is 2.43. The summed E-state index contributed by atoms with van der Waals surface area (Å²) in [6.07, 6.45) is 2.26. The van der Waals surface area contributed by atoms with Crippen molar-refractivity contribution in [2.45, 2.75) is 26.7 Å². The lowest BCUT2D eigenvalue weighted by molar-refractivity contribution is 0.295. The third kappa shape index (κ3) is 1.87. The Kier molecular flexibility index (Phi) is 3.16. The van der Waals surface area contributed by atoms with Crippen molar-refractivity contribution in [1.82, 2.24) is 0 Å². The average Bonchev–Trinajstić information content (AvgIpc) is 2.50. The molecule has 0 aliphatic heterocycles. The van der Waals surface area contributed by atoms with E-state index in [0.717, 1.165) is 12.8 Å². The van der Waals surface area contributed by atoms with Gasteiger partial charge in [0.15, 0.2) is 5.90 Å². The van der Waals surface area contributed by atoms with E-state index in [4.69, 9.17) is 10.1 Å². The zero-order valence-corrected chi connectivity index (χ0v) is 7.25. The van der Waals surface area contributed by atoms with Gasteiger partial charge in [0.05, 0.1) is 6.61 Å². The van der Waals surface area contributed by atoms with Gasteiger partial charge in [-0.3, -0.25) is 5.41 Å². The Morgan fingerprint density at radius 2 is 2.10 bits per heavy atom. The molecule has 1 rings (SSSR count). The molecule has 0 unspecified atom stereocenters. The first-order valence-corrected chi connectivity index (χ1v) is 3.41. The predicted octanol–water partition coefficient (Wildman–Crippen LogP) is 2.22. The molecule has 0 aromatic carbocycles. The fourth-order valence-electron chi connectivity index (χ4n) is 0.733. The van der Waals surface area contributed by atoms with Crippen LogP contribution in [0.4, 0.5) is 0 Å². The Hall–Kier alpha value is -0.240. The van der Waals surface area contributed by atoms with Crippen molar-refractivity contribution in [1.29, 1.82) is 5.41 Å². The van der Waals surface area contributed by atoms with Gasteiger partial charge in [0.1, 0.15) is 0 Å². The number of hydrogen-bond donors (Lipinski definition) is 1. The van der Waals surface area contributed by atoms with Crippen molar-refractivity contribution in [3.05, 3.63) is 0 Å². The average molecular weight is 164 g/mol. The predicted molar refractivity (Wildman–Crippen MR) is 43.9 cm³/mol. The Morgan fingerprint density at radius 1 is 1.60 bits per heavy atom. The van der Waals surface area contributed by atoms with Crippen LogP contribution in [0.3, 0.4) is 0 Å². The first-order valence-electron chi connectivity index (χ1n) is 3.41. The van der Waals surface area contributed by atoms with E-state index < -0.39 is 0 Å². The fourth-order valence-corrected chi connectivity index (χ4v) is 0.733. The number of rotatable bonds is 2. The molecule has 0 aromatic heterocycles. The number of hydrogen-bond acceptors (Lipinski definition) is 2. The maximum Gasteiger partial charge on any atom is 0.186 e. The van der Waals surface area contributed by atoms with E-state index in [-0.39, 0.29) is 17.8 Å². The lowest BCUT2D eigenvalue weighted by Gasteiger charge is -2.09. The monoisotopic (exact) mass is 163 g/mol. The van der Waals surface area contributed by atoms with Crippen LogP contribution in [-0.4, -0.2) is 12.5 Å². The van der Waals surface area contributed by atoms with Crippen LogP contribution in [0.5, 0.6) is 0 Å². The Morgan fingerprint density at radius 3 is 2.40 bits per heavy atom. The van der Waals surface area contributed by atoms with E-state index >= 15 is 0 Å². The zero-order chi connectivity index (χ0) is 6.91. The molecule has 0 spiro atoms. The molecule has 2 nitrogen and oxygen atoms in total. The molecule has 1 aliphatic carbocycles. The smallest absolute Gasteiger partial charge is 0.186 e. The second kappa shape index (κ2) is 3.24. The normalized spacial score (nSPS) is 19.0. The molecular weight excluding hydrogens is 150 g/mol. The van der Waals surface area contributed by atoms with Crippen molar-refractivity contribution in [3.63, 3.8) is 0 Å². The molecule has 1 aliphatic rings. The molecule has 1 fully saturated rings. The second-order valence-corrected chi connectivity index (χ2v) is 2.82. The van der Waals surface area contributed by atoms with Gasteiger partial charge < -0.3 is 4.74 Å². The summed E-state index contributed by atoms with van der Waals surface area (Å²) in [4.78, 5) is 0. The Balaban J connectivity index is 0.000000810. The largest absolute Gasteiger partial charge is 0.481 e. The number of nitrogens with one attached hydrogen (secondary N) is 1. The molecular formula is C7H14ClNO. The van der Waals surface area contributed by atoms with Gasteiger partial charge in [-0.15, -0.1) is 12.4 Å². The van der Waals surface area contributed by atoms with Crippen molar-refractivity contribution >= 4 is 18.3 Å². The van der Waals surface area contributed by atoms with Crippen molar-refractivity contribution in [3.8, 4) is 0 Å². The zero-order valence-electron chi connectivity index (χ0n) is 6.44. The summed E-state index contributed by atoms with van der Waals surface area (Å²) in [5, 5.41) is 7.38. The maximum absolute atomic E-state index is 7.38. The van der Waals surface area contributed by atoms with E-state index in [1.807, 2.05) is 6.92 Å². The lowest BCUT2D eigenvalue weighted by atomic mass is 10.1. The lowest BCUT2D eigenvalue weighted by Crippen LogP contribution is -2.14. The minimum atomic E-state index is 0. The van der Waals surface area contributed by atoms with Crippen LogP contribution in [0.1, 0.15) is 26.7 Å². The van der Waals surface area contributed by atoms with Crippen LogP contribution in [0.15, 0.2) is 0 Å². The quantitative estimate of drug-likeness (QED) is 0.492. The van der Waals surface area contributed by atoms with E-state index in [0.29, 0.717) is 12.5 Å². The molecule has 3 heteroatoms. The molecule has 0 bridgehead atoms. The van der Waals surface area contributed by atoms with E-state index in [2.05, 4.69) is 6.92 Å². The van der Waals surface area contributed by atoms with Crippen LogP contribution in [0.2, 0.25) is 0 Å². The Bertz CT molecular complexity index is 132. The Labute approximate surface area is 67.9 Å². The first-order chi connectivity index (χ1) is 4.19. The topological polar surface area (TPSA) is 33.1 Å². The van der Waals surface area contributed by atoms with Gasteiger partial charge in [-0.1, -0.05) is 6.92 Å². The standard InChI is InChI=1S/C7H13NO.ClH/c1-3-9-6(8)7(2)4-5-7;/h8H,3-5H2,1-2H3;1H. The van der Waals surface area contributed by atoms with E-state index in [1.54, 1.807) is 0 Å². The molecule has 0 amide bonds. The van der Waals surface area contributed by atoms with Crippen molar-refractivity contribution < 1.29 is 4.74 Å². The molecule has 1 saturated carbocycles. The van der Waals surface area contributed by atoms with Gasteiger partial charge >= 0.3 is 0 Å². The van der Waals surface area contributed by atoms with Gasteiger partial charge in [0.2, 0.25) is 0 Å². The van der Waals surface area contributed by atoms with Crippen LogP contribution >= 0.6 is 12.4 Å². The van der Waals surface area contributed by atoms with Crippen LogP contribution in [0, 0.1) is 10.8 Å². The second-order valence-electron chi connectivity index (χ2n) is 2.82. The molecule has 0 radical (unpaired) electrons. The highest BCUT2D eigenvalue weighted by Crippen LogP contribution is 2.46. The van der Waals surface area contributed by atoms with Crippen molar-refractivity contribution in [2.75, 3.05) is 6.61 Å². The van der Waals surface area contributed by atoms with E-state index in [1.165, 1.54) is 0 Å². The van der Waals surface area contributed by atoms with Crippen LogP contribution < -0.4 is 0 Å². The van der Waals surface area contributed by atoms with Crippen LogP contribution in [0.25, 0.3) is 0 Å². The SMILES string of the molecule is CCOC(=N)C1(C)CC1.Cl. The molecule has 60 valence electrons. The van der Waals surface area contributed by atoms with Crippen molar-refractivity contribution in [2.24, 2.45) is 5.41 Å². The molecule has 1 N–H and O–H groups in total. The van der Waals surface area contributed by atoms with Gasteiger partial charge in [-0.25, -0.2) is 0 Å². The number of halogens is 1. The van der Waals surface area contributed by atoms with Gasteiger partial charge in [0.25, 0.3) is 0 Å². The molecule has 0 aromatic rings. The summed E-state index contributed by atoms with van der Waals surface area (Å²) in [6, 6.07) is 0. The van der Waals surface area contributed by atoms with Crippen LogP contribution in [-0.2, 0) is 4.74 Å². The minimum absolute atomic E-state index is 0. The third-order valence-electron chi connectivity index (χ3n) is 1.84. The summed E-state index contributed by atoms with van der Waals surface area (Å²) in [5.74, 6) is 0.477. The highest BCUT2D eigenvalue weighted by molar-refractivity contribution is 5.85. The van der Waals surface area contributed by atoms with Gasteiger partial charge in [0, 0.05) is 5.41 Å². The molecule has 0 heterocycles. The molecule has 0 atom stereocenters. The summed E-state index contributed by atoms with van der Waals surface area (Å²) >= 11 is 0. The fraction of sp³-hybridized carbons (Fsp3) is 0.857. The first kappa shape index (κ1) is 9.76. The highest BCUT2D eigenvalue weighted by atomic mass is 35.5. The van der Waals surface area contributed by atoms with Gasteiger partial charge in [-0.05, 0) is 19.8 Å². The third-order valence-corrected chi connectivity index (χ3v) is 1.84. The van der Waals surface area contributed by atoms with E-state index in [9.17, 15) is 0 Å². The van der Waals surface area contributed by atoms with Gasteiger partial charge in [-0.2, -0.15) is 0 Å². The summed E-state index contributed by atoms with van der Waals surface area (Å²) in [5.41, 5.74) is 0.121. The summed E-state index contributed by atoms with van der Waals surface area (Å²) in [6.45, 7) is 4.62.